The minimum Gasteiger partial charge on any atom is -0.479 e. The van der Waals surface area contributed by atoms with Crippen LogP contribution in [0.5, 0.6) is 11.6 Å². The molecule has 3 N–H and O–H groups in total. The molecule has 0 radical (unpaired) electrons. The van der Waals surface area contributed by atoms with E-state index in [0.717, 1.165) is 12.7 Å². The van der Waals surface area contributed by atoms with Gasteiger partial charge >= 0.3 is 0 Å². The molecule has 0 aliphatic carbocycles. The number of aliphatic hydroxyl groups excluding tert-OH is 1. The molecule has 2 aliphatic rings. The molecule has 14 heteroatoms. The zero-order valence-electron chi connectivity index (χ0n) is 23.9. The summed E-state index contributed by atoms with van der Waals surface area (Å²) in [5, 5.41) is 14.9. The molecule has 1 atom stereocenters. The lowest BCUT2D eigenvalue weighted by Crippen LogP contribution is -2.39. The van der Waals surface area contributed by atoms with Crippen LogP contribution in [0.3, 0.4) is 0 Å². The van der Waals surface area contributed by atoms with Crippen molar-refractivity contribution in [3.05, 3.63) is 36.5 Å². The fraction of sp³-hybridized carbons (Fsp3) is 0.429. The van der Waals surface area contributed by atoms with Gasteiger partial charge in [0.15, 0.2) is 20.6 Å². The summed E-state index contributed by atoms with van der Waals surface area (Å²) in [6.45, 7) is 6.91. The van der Waals surface area contributed by atoms with Crippen LogP contribution in [0.25, 0.3) is 11.3 Å². The van der Waals surface area contributed by atoms with Gasteiger partial charge in [-0.3, -0.25) is 4.79 Å². The number of carbonyl (C=O) groups is 1. The first-order chi connectivity index (χ1) is 19.9. The van der Waals surface area contributed by atoms with E-state index in [1.807, 2.05) is 18.7 Å². The zero-order chi connectivity index (χ0) is 30.1. The van der Waals surface area contributed by atoms with Gasteiger partial charge in [0.05, 0.1) is 30.7 Å². The summed E-state index contributed by atoms with van der Waals surface area (Å²) in [6, 6.07) is 8.46. The Labute approximate surface area is 244 Å². The number of amides is 1. The highest BCUT2D eigenvalue weighted by molar-refractivity contribution is 7.90. The van der Waals surface area contributed by atoms with Crippen LogP contribution in [0.1, 0.15) is 27.2 Å². The summed E-state index contributed by atoms with van der Waals surface area (Å²) in [5.41, 5.74) is 1.73. The number of hydrogen-bond acceptors (Lipinski definition) is 12. The topological polar surface area (TPSA) is 165 Å². The molecule has 5 heterocycles. The number of carbonyl (C=O) groups excluding carboxylic acids is 1. The van der Waals surface area contributed by atoms with Crippen LogP contribution >= 0.6 is 0 Å². The van der Waals surface area contributed by atoms with Gasteiger partial charge in [0.2, 0.25) is 5.91 Å². The van der Waals surface area contributed by atoms with E-state index in [1.54, 1.807) is 30.5 Å². The van der Waals surface area contributed by atoms with Crippen LogP contribution in [0.2, 0.25) is 0 Å². The Morgan fingerprint density at radius 1 is 1.21 bits per heavy atom. The van der Waals surface area contributed by atoms with E-state index in [1.165, 1.54) is 13.0 Å². The Morgan fingerprint density at radius 2 is 2.02 bits per heavy atom. The summed E-state index contributed by atoms with van der Waals surface area (Å²) < 4.78 is 42.7. The van der Waals surface area contributed by atoms with Gasteiger partial charge in [-0.05, 0) is 38.5 Å². The van der Waals surface area contributed by atoms with Crippen LogP contribution in [-0.2, 0) is 19.4 Å². The second-order valence-electron chi connectivity index (χ2n) is 10.8. The molecule has 3 aromatic rings. The fourth-order valence-corrected chi connectivity index (χ4v) is 5.32. The maximum absolute atomic E-state index is 12.6. The number of fused-ring (bicyclic) bond motifs is 1. The molecule has 0 aromatic carbocycles. The predicted octanol–water partition coefficient (Wildman–Crippen LogP) is 2.78. The maximum atomic E-state index is 12.6. The molecule has 224 valence electrons. The first-order valence-electron chi connectivity index (χ1n) is 13.5. The number of aliphatic hydroxyl groups is 1. The largest absolute Gasteiger partial charge is 0.479 e. The summed E-state index contributed by atoms with van der Waals surface area (Å²) in [6.07, 6.45) is 3.32. The molecule has 5 rings (SSSR count). The molecule has 0 spiro atoms. The Hall–Kier alpha value is -4.01. The SMILES string of the molecule is CC(=O)Nc1cc(Nc2cc(N3CC[C@@H](OCCO)C3)cc(S(C)(=O)=O)n2)c(-c2ccc3c(n2)OCC(C)(C)O3)cn1. The number of rotatable bonds is 9. The molecule has 13 nitrogen and oxygen atoms in total. The number of nitrogens with one attached hydrogen (secondary N) is 2. The molecule has 42 heavy (non-hydrogen) atoms. The quantitative estimate of drug-likeness (QED) is 0.330. The van der Waals surface area contributed by atoms with E-state index in [9.17, 15) is 13.2 Å². The van der Waals surface area contributed by atoms with Crippen molar-refractivity contribution in [3.8, 4) is 22.9 Å². The third-order valence-electron chi connectivity index (χ3n) is 6.64. The van der Waals surface area contributed by atoms with Crippen molar-refractivity contribution in [1.29, 1.82) is 0 Å². The van der Waals surface area contributed by atoms with Crippen molar-refractivity contribution in [2.45, 2.75) is 43.9 Å². The molecule has 1 saturated heterocycles. The molecular weight excluding hydrogens is 564 g/mol. The van der Waals surface area contributed by atoms with Crippen LogP contribution in [0, 0.1) is 0 Å². The lowest BCUT2D eigenvalue weighted by Gasteiger charge is -2.31. The Bertz CT molecular complexity index is 1600. The van der Waals surface area contributed by atoms with Crippen LogP contribution in [0.15, 0.2) is 41.6 Å². The van der Waals surface area contributed by atoms with Gasteiger partial charge < -0.3 is 34.9 Å². The Balaban J connectivity index is 1.53. The van der Waals surface area contributed by atoms with Gasteiger partial charge in [0.1, 0.15) is 23.8 Å². The third-order valence-corrected chi connectivity index (χ3v) is 7.61. The van der Waals surface area contributed by atoms with Crippen molar-refractivity contribution in [2.75, 3.05) is 54.7 Å². The summed E-state index contributed by atoms with van der Waals surface area (Å²) in [5.74, 6) is 1.12. The first kappa shape index (κ1) is 29.5. The van der Waals surface area contributed by atoms with Crippen molar-refractivity contribution >= 4 is 38.8 Å². The number of nitrogens with zero attached hydrogens (tertiary/aromatic N) is 4. The van der Waals surface area contributed by atoms with Crippen molar-refractivity contribution in [2.24, 2.45) is 0 Å². The van der Waals surface area contributed by atoms with Crippen LogP contribution in [-0.4, -0.2) is 85.3 Å². The highest BCUT2D eigenvalue weighted by Gasteiger charge is 2.30. The van der Waals surface area contributed by atoms with E-state index in [2.05, 4.69) is 25.6 Å². The van der Waals surface area contributed by atoms with E-state index >= 15 is 0 Å². The van der Waals surface area contributed by atoms with Crippen molar-refractivity contribution < 1.29 is 32.5 Å². The number of aromatic nitrogens is 3. The molecule has 2 aliphatic heterocycles. The number of ether oxygens (including phenoxy) is 3. The second-order valence-corrected chi connectivity index (χ2v) is 12.8. The standard InChI is InChI=1S/C28H34N6O7S/c1-17(36)30-24-13-22(20(14-29-24)21-5-6-23-27(32-21)40-16-28(2,3)41-23)31-25-11-18(12-26(33-25)42(4,37)38)34-8-7-19(15-34)39-10-9-35/h5-6,11-14,19,35H,7-10,15-16H2,1-4H3,(H2,29,30,31,33,36)/t19-/m1/s1. The number of sulfone groups is 1. The van der Waals surface area contributed by atoms with E-state index in [4.69, 9.17) is 19.3 Å². The molecule has 1 fully saturated rings. The molecule has 1 amide bonds. The normalized spacial score (nSPS) is 17.6. The molecule has 3 aromatic heterocycles. The van der Waals surface area contributed by atoms with Gasteiger partial charge in [-0.1, -0.05) is 0 Å². The van der Waals surface area contributed by atoms with Gasteiger partial charge in [0, 0.05) is 55.8 Å². The number of anilines is 4. The molecule has 0 saturated carbocycles. The number of pyridine rings is 3. The van der Waals surface area contributed by atoms with Gasteiger partial charge in [-0.2, -0.15) is 0 Å². The maximum Gasteiger partial charge on any atom is 0.257 e. The summed E-state index contributed by atoms with van der Waals surface area (Å²) in [4.78, 5) is 27.2. The van der Waals surface area contributed by atoms with E-state index < -0.39 is 15.4 Å². The van der Waals surface area contributed by atoms with Crippen molar-refractivity contribution in [1.82, 2.24) is 15.0 Å². The number of hydrogen-bond donors (Lipinski definition) is 3. The predicted molar refractivity (Wildman–Crippen MR) is 156 cm³/mol. The van der Waals surface area contributed by atoms with Gasteiger partial charge in [-0.15, -0.1) is 0 Å². The Kier molecular flexibility index (Phi) is 8.21. The third kappa shape index (κ3) is 6.89. The van der Waals surface area contributed by atoms with E-state index in [-0.39, 0.29) is 41.9 Å². The monoisotopic (exact) mass is 598 g/mol. The van der Waals surface area contributed by atoms with Crippen LogP contribution in [0.4, 0.5) is 23.0 Å². The minimum atomic E-state index is -3.66. The summed E-state index contributed by atoms with van der Waals surface area (Å²) >= 11 is 0. The fourth-order valence-electron chi connectivity index (χ4n) is 4.72. The zero-order valence-corrected chi connectivity index (χ0v) is 24.7. The second kappa shape index (κ2) is 11.7. The van der Waals surface area contributed by atoms with E-state index in [0.29, 0.717) is 54.0 Å². The average molecular weight is 599 g/mol. The molecule has 0 unspecified atom stereocenters. The average Bonchev–Trinajstić information content (AvgIpc) is 3.40. The Morgan fingerprint density at radius 3 is 2.76 bits per heavy atom. The van der Waals surface area contributed by atoms with Crippen molar-refractivity contribution in [3.63, 3.8) is 0 Å². The van der Waals surface area contributed by atoms with Gasteiger partial charge in [0.25, 0.3) is 5.88 Å². The molecular formula is C28H34N6O7S. The highest BCUT2D eigenvalue weighted by Crippen LogP contribution is 2.38. The lowest BCUT2D eigenvalue weighted by molar-refractivity contribution is -0.114. The summed E-state index contributed by atoms with van der Waals surface area (Å²) in [7, 11) is -3.66. The minimum absolute atomic E-state index is 0.0665. The first-order valence-corrected chi connectivity index (χ1v) is 15.4. The smallest absolute Gasteiger partial charge is 0.257 e. The highest BCUT2D eigenvalue weighted by atomic mass is 32.2. The van der Waals surface area contributed by atoms with Gasteiger partial charge in [-0.25, -0.2) is 23.4 Å². The van der Waals surface area contributed by atoms with Crippen LogP contribution < -0.4 is 25.0 Å². The molecule has 0 bridgehead atoms. The lowest BCUT2D eigenvalue weighted by atomic mass is 10.1.